The molecular formula is C17H21F3N2O4. The molecule has 1 amide bonds. The summed E-state index contributed by atoms with van der Waals surface area (Å²) in [4.78, 5) is 23.1. The summed E-state index contributed by atoms with van der Waals surface area (Å²) in [5.74, 6) is -2.61. The van der Waals surface area contributed by atoms with Crippen LogP contribution >= 0.6 is 0 Å². The fourth-order valence-corrected chi connectivity index (χ4v) is 3.17. The number of fused-ring (bicyclic) bond motifs is 2. The van der Waals surface area contributed by atoms with Crippen LogP contribution in [0.25, 0.3) is 0 Å². The second-order valence-electron chi connectivity index (χ2n) is 6.24. The van der Waals surface area contributed by atoms with Gasteiger partial charge in [0, 0.05) is 26.7 Å². The Morgan fingerprint density at radius 2 is 1.88 bits per heavy atom. The third kappa shape index (κ3) is 5.43. The largest absolute Gasteiger partial charge is 0.490 e. The van der Waals surface area contributed by atoms with Gasteiger partial charge in [-0.05, 0) is 12.0 Å². The minimum atomic E-state index is -5.08. The van der Waals surface area contributed by atoms with E-state index in [1.54, 1.807) is 7.05 Å². The number of benzene rings is 1. The summed E-state index contributed by atoms with van der Waals surface area (Å²) in [5, 5.41) is 9.87. The van der Waals surface area contributed by atoms with Gasteiger partial charge < -0.3 is 15.2 Å². The van der Waals surface area contributed by atoms with Gasteiger partial charge in [-0.2, -0.15) is 13.2 Å². The van der Waals surface area contributed by atoms with Crippen molar-refractivity contribution in [2.45, 2.75) is 31.3 Å². The van der Waals surface area contributed by atoms with Gasteiger partial charge in [-0.15, -0.1) is 0 Å². The first-order valence-corrected chi connectivity index (χ1v) is 8.14. The second-order valence-corrected chi connectivity index (χ2v) is 6.24. The number of morpholine rings is 1. The molecule has 0 aliphatic carbocycles. The number of hydrogen-bond donors (Lipinski definition) is 2. The number of aliphatic carboxylic acids is 1. The van der Waals surface area contributed by atoms with Crippen molar-refractivity contribution in [1.29, 1.82) is 0 Å². The van der Waals surface area contributed by atoms with Gasteiger partial charge in [-0.3, -0.25) is 9.69 Å². The van der Waals surface area contributed by atoms with Crippen LogP contribution in [0.3, 0.4) is 0 Å². The molecule has 3 atom stereocenters. The second kappa shape index (κ2) is 8.50. The molecule has 9 heteroatoms. The molecule has 2 bridgehead atoms. The molecule has 0 saturated carbocycles. The Kier molecular flexibility index (Phi) is 6.60. The standard InChI is InChI=1S/C15H20N2O2.C2HF3O2/c1-16-15(18)13-7-12-9-17(10-14(13)19-12)8-11-5-3-2-4-6-11;3-2(4,5)1(6)7/h2-6,12-14H,7-10H2,1H3,(H,16,18);(H,6,7)/t12-,13+,14-;/m1./s1. The highest BCUT2D eigenvalue weighted by Crippen LogP contribution is 2.32. The molecule has 0 radical (unpaired) electrons. The molecule has 2 fully saturated rings. The number of carboxylic acid groups (broad SMARTS) is 1. The Labute approximate surface area is 148 Å². The van der Waals surface area contributed by atoms with Crippen LogP contribution in [0.5, 0.6) is 0 Å². The molecule has 0 spiro atoms. The van der Waals surface area contributed by atoms with Crippen molar-refractivity contribution in [2.75, 3.05) is 20.1 Å². The third-order valence-electron chi connectivity index (χ3n) is 4.31. The molecule has 2 N–H and O–H groups in total. The first-order chi connectivity index (χ1) is 12.2. The van der Waals surface area contributed by atoms with E-state index >= 15 is 0 Å². The summed E-state index contributed by atoms with van der Waals surface area (Å²) in [6.45, 7) is 2.72. The van der Waals surface area contributed by atoms with Gasteiger partial charge in [-0.1, -0.05) is 30.3 Å². The Balaban J connectivity index is 0.000000298. The number of carboxylic acids is 1. The number of halogens is 3. The summed E-state index contributed by atoms with van der Waals surface area (Å²) in [6.07, 6.45) is -3.96. The van der Waals surface area contributed by atoms with Crippen molar-refractivity contribution in [3.05, 3.63) is 35.9 Å². The Morgan fingerprint density at radius 3 is 2.42 bits per heavy atom. The maximum atomic E-state index is 11.8. The lowest BCUT2D eigenvalue weighted by atomic mass is 10.00. The van der Waals surface area contributed by atoms with Gasteiger partial charge in [-0.25, -0.2) is 4.79 Å². The van der Waals surface area contributed by atoms with Crippen LogP contribution < -0.4 is 5.32 Å². The molecule has 3 rings (SSSR count). The molecule has 2 aliphatic heterocycles. The van der Waals surface area contributed by atoms with E-state index in [-0.39, 0.29) is 24.0 Å². The molecule has 0 unspecified atom stereocenters. The minimum absolute atomic E-state index is 0.0239. The van der Waals surface area contributed by atoms with E-state index in [0.717, 1.165) is 26.1 Å². The summed E-state index contributed by atoms with van der Waals surface area (Å²) in [7, 11) is 1.70. The van der Waals surface area contributed by atoms with Crippen LogP contribution in [0.4, 0.5) is 13.2 Å². The molecular weight excluding hydrogens is 353 g/mol. The van der Waals surface area contributed by atoms with Gasteiger partial charge in [0.15, 0.2) is 0 Å². The number of hydrogen-bond acceptors (Lipinski definition) is 4. The van der Waals surface area contributed by atoms with Gasteiger partial charge in [0.1, 0.15) is 0 Å². The molecule has 1 aromatic carbocycles. The highest BCUT2D eigenvalue weighted by molar-refractivity contribution is 5.79. The average molecular weight is 374 g/mol. The van der Waals surface area contributed by atoms with E-state index < -0.39 is 12.1 Å². The van der Waals surface area contributed by atoms with E-state index in [1.165, 1.54) is 5.56 Å². The molecule has 26 heavy (non-hydrogen) atoms. The summed E-state index contributed by atoms with van der Waals surface area (Å²) in [5.41, 5.74) is 1.32. The van der Waals surface area contributed by atoms with Crippen molar-refractivity contribution in [1.82, 2.24) is 10.2 Å². The fourth-order valence-electron chi connectivity index (χ4n) is 3.17. The van der Waals surface area contributed by atoms with Gasteiger partial charge >= 0.3 is 12.1 Å². The Bertz CT molecular complexity index is 624. The maximum Gasteiger partial charge on any atom is 0.490 e. The van der Waals surface area contributed by atoms with E-state index in [9.17, 15) is 18.0 Å². The molecule has 1 aromatic rings. The summed E-state index contributed by atoms with van der Waals surface area (Å²) < 4.78 is 37.6. The predicted molar refractivity (Wildman–Crippen MR) is 86.2 cm³/mol. The molecule has 144 valence electrons. The Hall–Kier alpha value is -2.13. The number of amides is 1. The van der Waals surface area contributed by atoms with Gasteiger partial charge in [0.05, 0.1) is 18.1 Å². The third-order valence-corrected chi connectivity index (χ3v) is 4.31. The van der Waals surface area contributed by atoms with Gasteiger partial charge in [0.2, 0.25) is 5.91 Å². The van der Waals surface area contributed by atoms with Crippen molar-refractivity contribution in [2.24, 2.45) is 5.92 Å². The van der Waals surface area contributed by atoms with Crippen molar-refractivity contribution in [3.63, 3.8) is 0 Å². The lowest BCUT2D eigenvalue weighted by molar-refractivity contribution is -0.192. The van der Waals surface area contributed by atoms with E-state index in [0.29, 0.717) is 0 Å². The van der Waals surface area contributed by atoms with Crippen molar-refractivity contribution < 1.29 is 32.6 Å². The minimum Gasteiger partial charge on any atom is -0.475 e. The van der Waals surface area contributed by atoms with E-state index in [2.05, 4.69) is 34.5 Å². The molecule has 2 heterocycles. The predicted octanol–water partition coefficient (Wildman–Crippen LogP) is 1.66. The molecule has 2 aliphatic rings. The number of carbonyl (C=O) groups excluding carboxylic acids is 1. The zero-order valence-electron chi connectivity index (χ0n) is 14.2. The topological polar surface area (TPSA) is 78.9 Å². The number of nitrogens with one attached hydrogen (secondary N) is 1. The summed E-state index contributed by atoms with van der Waals surface area (Å²) >= 11 is 0. The number of alkyl halides is 3. The quantitative estimate of drug-likeness (QED) is 0.841. The summed E-state index contributed by atoms with van der Waals surface area (Å²) in [6, 6.07) is 10.5. The van der Waals surface area contributed by atoms with E-state index in [1.807, 2.05) is 6.07 Å². The number of nitrogens with zero attached hydrogens (tertiary/aromatic N) is 1. The highest BCUT2D eigenvalue weighted by Gasteiger charge is 2.44. The van der Waals surface area contributed by atoms with Crippen LogP contribution in [0.2, 0.25) is 0 Å². The van der Waals surface area contributed by atoms with Crippen LogP contribution in [0.1, 0.15) is 12.0 Å². The van der Waals surface area contributed by atoms with E-state index in [4.69, 9.17) is 14.6 Å². The lowest BCUT2D eigenvalue weighted by Gasteiger charge is -2.32. The van der Waals surface area contributed by atoms with Crippen LogP contribution in [0, 0.1) is 5.92 Å². The van der Waals surface area contributed by atoms with Gasteiger partial charge in [0.25, 0.3) is 0 Å². The van der Waals surface area contributed by atoms with Crippen molar-refractivity contribution in [3.8, 4) is 0 Å². The normalized spacial score (nSPS) is 25.2. The smallest absolute Gasteiger partial charge is 0.475 e. The Morgan fingerprint density at radius 1 is 1.27 bits per heavy atom. The maximum absolute atomic E-state index is 11.8. The SMILES string of the molecule is CNC(=O)[C@H]1C[C@@H]2CN(Cc3ccccc3)C[C@H]1O2.O=C(O)C(F)(F)F. The first kappa shape index (κ1) is 20.2. The molecule has 2 saturated heterocycles. The van der Waals surface area contributed by atoms with Crippen LogP contribution in [0.15, 0.2) is 30.3 Å². The number of ether oxygens (including phenoxy) is 1. The first-order valence-electron chi connectivity index (χ1n) is 8.14. The highest BCUT2D eigenvalue weighted by atomic mass is 19.4. The zero-order valence-corrected chi connectivity index (χ0v) is 14.2. The number of carbonyl (C=O) groups is 2. The van der Waals surface area contributed by atoms with Crippen LogP contribution in [-0.4, -0.2) is 60.4 Å². The lowest BCUT2D eigenvalue weighted by Crippen LogP contribution is -2.44. The number of likely N-dealkylation sites (tertiary alicyclic amines) is 1. The average Bonchev–Trinajstić information content (AvgIpc) is 2.89. The zero-order chi connectivity index (χ0) is 19.3. The monoisotopic (exact) mass is 374 g/mol. The fraction of sp³-hybridized carbons (Fsp3) is 0.529. The molecule has 0 aromatic heterocycles. The van der Waals surface area contributed by atoms with Crippen LogP contribution in [-0.2, 0) is 20.9 Å². The molecule has 6 nitrogen and oxygen atoms in total. The number of rotatable bonds is 3. The van der Waals surface area contributed by atoms with Crippen molar-refractivity contribution >= 4 is 11.9 Å².